The maximum absolute atomic E-state index is 12.6. The summed E-state index contributed by atoms with van der Waals surface area (Å²) in [6, 6.07) is 18.3. The first kappa shape index (κ1) is 19.3. The summed E-state index contributed by atoms with van der Waals surface area (Å²) in [6.07, 6.45) is 2.92. The van der Waals surface area contributed by atoms with Gasteiger partial charge in [-0.1, -0.05) is 67.4 Å². The Labute approximate surface area is 173 Å². The number of aromatic nitrogens is 1. The van der Waals surface area contributed by atoms with Gasteiger partial charge in [-0.3, -0.25) is 9.59 Å². The lowest BCUT2D eigenvalue weighted by Gasteiger charge is -2.26. The minimum Gasteiger partial charge on any atom is -0.481 e. The van der Waals surface area contributed by atoms with Gasteiger partial charge in [0.1, 0.15) is 0 Å². The molecule has 0 bridgehead atoms. The Bertz CT molecular complexity index is 998. The minimum absolute atomic E-state index is 0.238. The molecule has 148 valence electrons. The first-order valence-corrected chi connectivity index (χ1v) is 10.6. The average molecular weight is 407 g/mol. The van der Waals surface area contributed by atoms with Gasteiger partial charge >= 0.3 is 5.97 Å². The number of rotatable bonds is 5. The van der Waals surface area contributed by atoms with Crippen molar-refractivity contribution in [1.29, 1.82) is 0 Å². The van der Waals surface area contributed by atoms with Crippen molar-refractivity contribution in [2.24, 2.45) is 11.8 Å². The molecule has 1 saturated carbocycles. The maximum atomic E-state index is 12.6. The highest BCUT2D eigenvalue weighted by atomic mass is 32.1. The zero-order valence-electron chi connectivity index (χ0n) is 15.9. The lowest BCUT2D eigenvalue weighted by molar-refractivity contribution is -0.147. The molecule has 0 radical (unpaired) electrons. The third-order valence-electron chi connectivity index (χ3n) is 5.44. The molecule has 1 amide bonds. The van der Waals surface area contributed by atoms with Crippen molar-refractivity contribution in [3.8, 4) is 22.4 Å². The van der Waals surface area contributed by atoms with Crippen molar-refractivity contribution in [3.63, 3.8) is 0 Å². The molecule has 0 saturated heterocycles. The number of nitrogens with one attached hydrogen (secondary N) is 1. The van der Waals surface area contributed by atoms with E-state index in [0.717, 1.165) is 35.2 Å². The van der Waals surface area contributed by atoms with Crippen LogP contribution in [0, 0.1) is 11.8 Å². The van der Waals surface area contributed by atoms with Crippen molar-refractivity contribution in [2.75, 3.05) is 5.32 Å². The number of carboxylic acids is 1. The van der Waals surface area contributed by atoms with E-state index in [9.17, 15) is 14.7 Å². The minimum atomic E-state index is -0.886. The van der Waals surface area contributed by atoms with Crippen LogP contribution in [-0.4, -0.2) is 22.0 Å². The Hall–Kier alpha value is -2.99. The Kier molecular flexibility index (Phi) is 5.71. The summed E-state index contributed by atoms with van der Waals surface area (Å²) >= 11 is 1.36. The van der Waals surface area contributed by atoms with E-state index in [1.54, 1.807) is 0 Å². The molecule has 0 unspecified atom stereocenters. The summed E-state index contributed by atoms with van der Waals surface area (Å²) in [6.45, 7) is 0. The molecule has 6 heteroatoms. The van der Waals surface area contributed by atoms with Crippen molar-refractivity contribution < 1.29 is 14.7 Å². The van der Waals surface area contributed by atoms with Crippen LogP contribution in [0.1, 0.15) is 25.7 Å². The zero-order valence-corrected chi connectivity index (χ0v) is 16.7. The summed E-state index contributed by atoms with van der Waals surface area (Å²) < 4.78 is 0. The van der Waals surface area contributed by atoms with Crippen molar-refractivity contribution in [3.05, 3.63) is 60.0 Å². The van der Waals surface area contributed by atoms with Crippen LogP contribution in [0.15, 0.2) is 60.0 Å². The zero-order chi connectivity index (χ0) is 20.2. The van der Waals surface area contributed by atoms with Crippen LogP contribution in [0.3, 0.4) is 0 Å². The predicted molar refractivity (Wildman–Crippen MR) is 115 cm³/mol. The first-order chi connectivity index (χ1) is 14.1. The van der Waals surface area contributed by atoms with Gasteiger partial charge in [-0.15, -0.1) is 11.3 Å². The van der Waals surface area contributed by atoms with Gasteiger partial charge in [0.2, 0.25) is 5.91 Å². The van der Waals surface area contributed by atoms with E-state index in [-0.39, 0.29) is 5.91 Å². The monoisotopic (exact) mass is 406 g/mol. The first-order valence-electron chi connectivity index (χ1n) is 9.77. The quantitative estimate of drug-likeness (QED) is 0.602. The van der Waals surface area contributed by atoms with Crippen LogP contribution >= 0.6 is 11.3 Å². The average Bonchev–Trinajstić information content (AvgIpc) is 3.23. The van der Waals surface area contributed by atoms with Crippen LogP contribution in [0.4, 0.5) is 5.13 Å². The van der Waals surface area contributed by atoms with E-state index in [1.807, 2.05) is 35.7 Å². The second kappa shape index (κ2) is 8.57. The topological polar surface area (TPSA) is 79.3 Å². The molecule has 1 aliphatic carbocycles. The van der Waals surface area contributed by atoms with E-state index in [2.05, 4.69) is 34.6 Å². The molecule has 2 aromatic carbocycles. The lowest BCUT2D eigenvalue weighted by Crippen LogP contribution is -2.36. The number of thiazole rings is 1. The largest absolute Gasteiger partial charge is 0.481 e. The van der Waals surface area contributed by atoms with Gasteiger partial charge in [-0.05, 0) is 24.0 Å². The molecule has 4 rings (SSSR count). The van der Waals surface area contributed by atoms with Crippen LogP contribution in [0.25, 0.3) is 22.4 Å². The third-order valence-corrected chi connectivity index (χ3v) is 6.20. The maximum Gasteiger partial charge on any atom is 0.307 e. The van der Waals surface area contributed by atoms with E-state index in [1.165, 1.54) is 11.3 Å². The van der Waals surface area contributed by atoms with E-state index in [0.29, 0.717) is 18.0 Å². The molecule has 29 heavy (non-hydrogen) atoms. The Balaban J connectivity index is 1.45. The molecule has 5 nitrogen and oxygen atoms in total. The normalized spacial score (nSPS) is 18.9. The highest BCUT2D eigenvalue weighted by Gasteiger charge is 2.35. The van der Waals surface area contributed by atoms with E-state index in [4.69, 9.17) is 0 Å². The number of aliphatic carboxylic acids is 1. The van der Waals surface area contributed by atoms with Crippen LogP contribution < -0.4 is 5.32 Å². The number of anilines is 1. The molecule has 0 spiro atoms. The van der Waals surface area contributed by atoms with Crippen molar-refractivity contribution in [1.82, 2.24) is 4.98 Å². The van der Waals surface area contributed by atoms with E-state index >= 15 is 0 Å². The van der Waals surface area contributed by atoms with Gasteiger partial charge in [-0.25, -0.2) is 4.98 Å². The number of carbonyl (C=O) groups is 2. The molecule has 1 fully saturated rings. The highest BCUT2D eigenvalue weighted by molar-refractivity contribution is 7.14. The highest BCUT2D eigenvalue weighted by Crippen LogP contribution is 2.32. The molecule has 3 aromatic rings. The van der Waals surface area contributed by atoms with Gasteiger partial charge in [0.25, 0.3) is 0 Å². The Morgan fingerprint density at radius 2 is 1.52 bits per heavy atom. The molecule has 1 heterocycles. The number of hydrogen-bond donors (Lipinski definition) is 2. The molecule has 1 aliphatic rings. The summed E-state index contributed by atoms with van der Waals surface area (Å²) in [5.74, 6) is -2.21. The third kappa shape index (κ3) is 4.38. The number of hydrogen-bond acceptors (Lipinski definition) is 4. The molecule has 0 aliphatic heterocycles. The Morgan fingerprint density at radius 3 is 2.21 bits per heavy atom. The number of amides is 1. The van der Waals surface area contributed by atoms with Gasteiger partial charge in [0.05, 0.1) is 17.5 Å². The second-order valence-corrected chi connectivity index (χ2v) is 8.16. The van der Waals surface area contributed by atoms with Gasteiger partial charge < -0.3 is 10.4 Å². The SMILES string of the molecule is O=C(O)[C@H]1CCCC[C@H]1C(=O)Nc1nc(-c2ccc(-c3ccccc3)cc2)cs1. The van der Waals surface area contributed by atoms with Gasteiger partial charge in [0, 0.05) is 10.9 Å². The lowest BCUT2D eigenvalue weighted by atomic mass is 9.79. The number of benzene rings is 2. The molecular weight excluding hydrogens is 384 g/mol. The summed E-state index contributed by atoms with van der Waals surface area (Å²) in [5, 5.41) is 14.6. The van der Waals surface area contributed by atoms with Gasteiger partial charge in [-0.2, -0.15) is 0 Å². The van der Waals surface area contributed by atoms with Crippen molar-refractivity contribution >= 4 is 28.3 Å². The molecule has 2 atom stereocenters. The molecule has 1 aromatic heterocycles. The number of carboxylic acid groups (broad SMARTS) is 1. The fourth-order valence-corrected chi connectivity index (χ4v) is 4.59. The summed E-state index contributed by atoms with van der Waals surface area (Å²) in [5.41, 5.74) is 4.06. The van der Waals surface area contributed by atoms with Crippen LogP contribution in [0.2, 0.25) is 0 Å². The van der Waals surface area contributed by atoms with Crippen LogP contribution in [0.5, 0.6) is 0 Å². The Morgan fingerprint density at radius 1 is 0.897 bits per heavy atom. The summed E-state index contributed by atoms with van der Waals surface area (Å²) in [7, 11) is 0. The molecule has 2 N–H and O–H groups in total. The summed E-state index contributed by atoms with van der Waals surface area (Å²) in [4.78, 5) is 28.6. The standard InChI is InChI=1S/C23H22N2O3S/c26-21(18-8-4-5-9-19(18)22(27)28)25-23-24-20(14-29-23)17-12-10-16(11-13-17)15-6-2-1-3-7-15/h1-3,6-7,10-14,18-19H,4-5,8-9H2,(H,27,28)(H,24,25,26)/t18-,19+/m1/s1. The smallest absolute Gasteiger partial charge is 0.307 e. The fraction of sp³-hybridized carbons (Fsp3) is 0.261. The fourth-order valence-electron chi connectivity index (χ4n) is 3.87. The van der Waals surface area contributed by atoms with Crippen molar-refractivity contribution in [2.45, 2.75) is 25.7 Å². The van der Waals surface area contributed by atoms with E-state index < -0.39 is 17.8 Å². The van der Waals surface area contributed by atoms with Gasteiger partial charge in [0.15, 0.2) is 5.13 Å². The number of carbonyl (C=O) groups excluding carboxylic acids is 1. The van der Waals surface area contributed by atoms with Crippen LogP contribution in [-0.2, 0) is 9.59 Å². The second-order valence-electron chi connectivity index (χ2n) is 7.31. The molecular formula is C23H22N2O3S. The predicted octanol–water partition coefficient (Wildman–Crippen LogP) is 5.31. The number of nitrogens with zero attached hydrogens (tertiary/aromatic N) is 1.